The number of carbonyl (C=O) groups excluding carboxylic acids is 2. The lowest BCUT2D eigenvalue weighted by Gasteiger charge is -2.61. The average molecular weight is 487 g/mol. The Labute approximate surface area is 211 Å². The van der Waals surface area contributed by atoms with Crippen molar-refractivity contribution in [3.05, 3.63) is 11.6 Å². The lowest BCUT2D eigenvalue weighted by molar-refractivity contribution is -0.182. The summed E-state index contributed by atoms with van der Waals surface area (Å²) in [7, 11) is 0. The Kier molecular flexibility index (Phi) is 6.27. The van der Waals surface area contributed by atoms with Gasteiger partial charge in [0.05, 0.1) is 11.5 Å². The standard InChI is InChI=1S/C30H46O5/c1-18(9-8-10-19(2)24(33)34)20-11-13-29(7)25(35)30(16-15-27(20,29)5)23(32)17-21-26(3,4)22(31)12-14-28(21,30)6/h10,18,20-21,23,32H,8-9,11-17H2,1-7H3,(H,33,34). The Morgan fingerprint density at radius 3 is 2.34 bits per heavy atom. The molecular formula is C30H46O5. The van der Waals surface area contributed by atoms with Gasteiger partial charge in [-0.25, -0.2) is 4.79 Å². The molecule has 2 N–H and O–H groups in total. The molecule has 4 fully saturated rings. The maximum absolute atomic E-state index is 14.7. The summed E-state index contributed by atoms with van der Waals surface area (Å²) in [6, 6.07) is 0. The second kappa shape index (κ2) is 8.26. The summed E-state index contributed by atoms with van der Waals surface area (Å²) in [5.41, 5.74) is -1.84. The number of hydrogen-bond donors (Lipinski definition) is 2. The number of allylic oxidation sites excluding steroid dienone is 1. The van der Waals surface area contributed by atoms with Crippen molar-refractivity contribution in [2.45, 2.75) is 112 Å². The van der Waals surface area contributed by atoms with Crippen LogP contribution in [-0.2, 0) is 14.4 Å². The minimum Gasteiger partial charge on any atom is -0.478 e. The van der Waals surface area contributed by atoms with Crippen LogP contribution in [0.2, 0.25) is 0 Å². The third kappa shape index (κ3) is 3.32. The summed E-state index contributed by atoms with van der Waals surface area (Å²) in [6.45, 7) is 14.6. The topological polar surface area (TPSA) is 91.7 Å². The molecule has 8 atom stereocenters. The van der Waals surface area contributed by atoms with Gasteiger partial charge in [-0.1, -0.05) is 47.6 Å². The van der Waals surface area contributed by atoms with Gasteiger partial charge in [0, 0.05) is 22.8 Å². The molecule has 4 aliphatic rings. The Morgan fingerprint density at radius 1 is 1.06 bits per heavy atom. The first-order valence-electron chi connectivity index (χ1n) is 13.8. The molecule has 4 aliphatic carbocycles. The first-order chi connectivity index (χ1) is 16.1. The van der Waals surface area contributed by atoms with Crippen molar-refractivity contribution >= 4 is 17.5 Å². The summed E-state index contributed by atoms with van der Waals surface area (Å²) in [6.07, 6.45) is 8.00. The average Bonchev–Trinajstić information content (AvgIpc) is 3.19. The van der Waals surface area contributed by atoms with E-state index in [0.29, 0.717) is 43.1 Å². The molecule has 196 valence electrons. The van der Waals surface area contributed by atoms with Crippen LogP contribution in [0.25, 0.3) is 0 Å². The number of aliphatic carboxylic acids is 1. The van der Waals surface area contributed by atoms with Gasteiger partial charge in [0.15, 0.2) is 0 Å². The monoisotopic (exact) mass is 486 g/mol. The molecule has 4 rings (SSSR count). The third-order valence-electron chi connectivity index (χ3n) is 12.4. The number of hydrogen-bond acceptors (Lipinski definition) is 4. The zero-order chi connectivity index (χ0) is 26.2. The fourth-order valence-electron chi connectivity index (χ4n) is 9.74. The number of Topliss-reactive ketones (excluding diaryl/α,β-unsaturated/α-hetero) is 2. The zero-order valence-electron chi connectivity index (χ0n) is 22.9. The van der Waals surface area contributed by atoms with Gasteiger partial charge in [0.25, 0.3) is 0 Å². The predicted octanol–water partition coefficient (Wildman–Crippen LogP) is 5.98. The van der Waals surface area contributed by atoms with E-state index in [-0.39, 0.29) is 28.3 Å². The zero-order valence-corrected chi connectivity index (χ0v) is 22.9. The second-order valence-corrected chi connectivity index (χ2v) is 13.8. The molecule has 5 nitrogen and oxygen atoms in total. The maximum atomic E-state index is 14.7. The highest BCUT2D eigenvalue weighted by atomic mass is 16.4. The van der Waals surface area contributed by atoms with Gasteiger partial charge < -0.3 is 10.2 Å². The lowest BCUT2D eigenvalue weighted by Crippen LogP contribution is -2.64. The van der Waals surface area contributed by atoms with Crippen LogP contribution >= 0.6 is 0 Å². The van der Waals surface area contributed by atoms with E-state index in [1.54, 1.807) is 6.92 Å². The van der Waals surface area contributed by atoms with Crippen molar-refractivity contribution < 1.29 is 24.6 Å². The third-order valence-corrected chi connectivity index (χ3v) is 12.4. The van der Waals surface area contributed by atoms with E-state index in [9.17, 15) is 19.5 Å². The van der Waals surface area contributed by atoms with E-state index in [2.05, 4.69) is 27.7 Å². The molecule has 0 saturated heterocycles. The van der Waals surface area contributed by atoms with Crippen LogP contribution < -0.4 is 0 Å². The largest absolute Gasteiger partial charge is 0.478 e. The molecule has 0 aromatic heterocycles. The molecule has 4 saturated carbocycles. The quantitative estimate of drug-likeness (QED) is 0.466. The van der Waals surface area contributed by atoms with Gasteiger partial charge in [0.2, 0.25) is 0 Å². The van der Waals surface area contributed by atoms with Crippen molar-refractivity contribution in [2.75, 3.05) is 0 Å². The van der Waals surface area contributed by atoms with Crippen LogP contribution in [0.4, 0.5) is 0 Å². The Morgan fingerprint density at radius 2 is 1.71 bits per heavy atom. The summed E-state index contributed by atoms with van der Waals surface area (Å²) in [5, 5.41) is 20.8. The number of aliphatic hydroxyl groups excluding tert-OH is 1. The molecule has 0 radical (unpaired) electrons. The van der Waals surface area contributed by atoms with Crippen LogP contribution in [0, 0.1) is 44.8 Å². The normalized spacial score (nSPS) is 45.9. The van der Waals surface area contributed by atoms with Crippen molar-refractivity contribution in [2.24, 2.45) is 44.8 Å². The molecular weight excluding hydrogens is 440 g/mol. The summed E-state index contributed by atoms with van der Waals surface area (Å²) < 4.78 is 0. The molecule has 5 heteroatoms. The first kappa shape index (κ1) is 26.6. The molecule has 0 aliphatic heterocycles. The summed E-state index contributed by atoms with van der Waals surface area (Å²) >= 11 is 0. The summed E-state index contributed by atoms with van der Waals surface area (Å²) in [5.74, 6) is 0.492. The summed E-state index contributed by atoms with van der Waals surface area (Å²) in [4.78, 5) is 38.7. The van der Waals surface area contributed by atoms with Crippen LogP contribution in [-0.4, -0.2) is 33.9 Å². The van der Waals surface area contributed by atoms with Gasteiger partial charge in [-0.05, 0) is 86.9 Å². The minimum absolute atomic E-state index is 0.0311. The van der Waals surface area contributed by atoms with E-state index in [1.165, 1.54) is 0 Å². The Bertz CT molecular complexity index is 964. The van der Waals surface area contributed by atoms with Gasteiger partial charge in [0.1, 0.15) is 11.6 Å². The minimum atomic E-state index is -0.865. The van der Waals surface area contributed by atoms with E-state index < -0.39 is 28.3 Å². The van der Waals surface area contributed by atoms with Crippen molar-refractivity contribution in [1.82, 2.24) is 0 Å². The fourth-order valence-corrected chi connectivity index (χ4v) is 9.74. The number of fused-ring (bicyclic) bond motifs is 3. The van der Waals surface area contributed by atoms with Crippen LogP contribution in [0.3, 0.4) is 0 Å². The van der Waals surface area contributed by atoms with Gasteiger partial charge in [-0.3, -0.25) is 9.59 Å². The molecule has 0 heterocycles. The number of rotatable bonds is 5. The molecule has 0 aromatic rings. The van der Waals surface area contributed by atoms with Crippen molar-refractivity contribution in [3.63, 3.8) is 0 Å². The maximum Gasteiger partial charge on any atom is 0.330 e. The molecule has 8 unspecified atom stereocenters. The van der Waals surface area contributed by atoms with Crippen LogP contribution in [0.1, 0.15) is 106 Å². The van der Waals surface area contributed by atoms with Crippen molar-refractivity contribution in [1.29, 1.82) is 0 Å². The van der Waals surface area contributed by atoms with E-state index in [1.807, 2.05) is 19.9 Å². The molecule has 35 heavy (non-hydrogen) atoms. The number of carboxylic acids is 1. The molecule has 0 amide bonds. The molecule has 1 spiro atoms. The Balaban J connectivity index is 1.63. The highest BCUT2D eigenvalue weighted by Crippen LogP contribution is 2.75. The second-order valence-electron chi connectivity index (χ2n) is 13.8. The van der Waals surface area contributed by atoms with E-state index in [4.69, 9.17) is 5.11 Å². The number of aliphatic hydroxyl groups is 1. The van der Waals surface area contributed by atoms with Gasteiger partial charge in [-0.2, -0.15) is 0 Å². The number of ketones is 2. The Hall–Kier alpha value is -1.49. The first-order valence-corrected chi connectivity index (χ1v) is 13.8. The van der Waals surface area contributed by atoms with Gasteiger partial charge in [-0.15, -0.1) is 0 Å². The molecule has 0 aromatic carbocycles. The highest BCUT2D eigenvalue weighted by Gasteiger charge is 2.76. The predicted molar refractivity (Wildman–Crippen MR) is 136 cm³/mol. The van der Waals surface area contributed by atoms with E-state index >= 15 is 0 Å². The van der Waals surface area contributed by atoms with Crippen LogP contribution in [0.5, 0.6) is 0 Å². The van der Waals surface area contributed by atoms with Gasteiger partial charge >= 0.3 is 5.97 Å². The molecule has 0 bridgehead atoms. The van der Waals surface area contributed by atoms with Crippen LogP contribution in [0.15, 0.2) is 11.6 Å². The number of carboxylic acid groups (broad SMARTS) is 1. The van der Waals surface area contributed by atoms with Crippen molar-refractivity contribution in [3.8, 4) is 0 Å². The van der Waals surface area contributed by atoms with E-state index in [0.717, 1.165) is 32.1 Å². The lowest BCUT2D eigenvalue weighted by atomic mass is 9.41. The number of carbonyl (C=O) groups is 3. The highest BCUT2D eigenvalue weighted by molar-refractivity contribution is 5.95. The fraction of sp³-hybridized carbons (Fsp3) is 0.833. The smallest absolute Gasteiger partial charge is 0.330 e. The SMILES string of the molecule is CC(=CCCC(C)C1CCC2(C)C(=O)C3(CCC12C)C(O)CC1C(C)(C)C(=O)CCC13C)C(=O)O.